The van der Waals surface area contributed by atoms with Crippen LogP contribution in [0.1, 0.15) is 5.56 Å². The van der Waals surface area contributed by atoms with Gasteiger partial charge < -0.3 is 5.32 Å². The molecule has 52 valence electrons. The molecule has 1 nitrogen and oxygen atoms in total. The number of hydrogen-bond donors (Lipinski definition) is 1. The molecule has 1 aromatic rings. The number of benzene rings is 1. The van der Waals surface area contributed by atoms with Crippen LogP contribution in [0.4, 0.5) is 5.69 Å². The molecule has 1 N–H and O–H groups in total. The molecule has 0 amide bonds. The van der Waals surface area contributed by atoms with E-state index in [-0.39, 0.29) is 0 Å². The second-order valence-electron chi connectivity index (χ2n) is 2.88. The van der Waals surface area contributed by atoms with Gasteiger partial charge in [0, 0.05) is 17.1 Å². The second kappa shape index (κ2) is 1.56. The fourth-order valence-corrected chi connectivity index (χ4v) is 1.52. The number of nitrogens with one attached hydrogen (secondary N) is 1. The molecular formula is C10H7N. The van der Waals surface area contributed by atoms with Gasteiger partial charge in [-0.05, 0) is 22.9 Å². The molecule has 0 atom stereocenters. The van der Waals surface area contributed by atoms with Gasteiger partial charge in [-0.1, -0.05) is 18.2 Å². The van der Waals surface area contributed by atoms with E-state index in [1.165, 1.54) is 21.7 Å². The van der Waals surface area contributed by atoms with Crippen molar-refractivity contribution in [2.45, 2.75) is 0 Å². The lowest BCUT2D eigenvalue weighted by atomic mass is 10.1. The van der Waals surface area contributed by atoms with Crippen molar-refractivity contribution < 1.29 is 0 Å². The van der Waals surface area contributed by atoms with Crippen LogP contribution in [0.25, 0.3) is 18.4 Å². The highest BCUT2D eigenvalue weighted by atomic mass is 14.9. The van der Waals surface area contributed by atoms with Crippen LogP contribution in [0.5, 0.6) is 0 Å². The van der Waals surface area contributed by atoms with Crippen LogP contribution in [0.2, 0.25) is 0 Å². The van der Waals surface area contributed by atoms with E-state index in [0.717, 1.165) is 0 Å². The summed E-state index contributed by atoms with van der Waals surface area (Å²) in [6.45, 7) is 0. The van der Waals surface area contributed by atoms with Gasteiger partial charge in [0.25, 0.3) is 0 Å². The molecule has 1 aromatic carbocycles. The van der Waals surface area contributed by atoms with Crippen molar-refractivity contribution in [3.8, 4) is 0 Å². The lowest BCUT2D eigenvalue weighted by Crippen LogP contribution is -2.23. The first-order valence-electron chi connectivity index (χ1n) is 3.73. The third kappa shape index (κ3) is 0.552. The first kappa shape index (κ1) is 5.19. The van der Waals surface area contributed by atoms with E-state index < -0.39 is 0 Å². The topological polar surface area (TPSA) is 12.0 Å². The monoisotopic (exact) mass is 141 g/mol. The second-order valence-corrected chi connectivity index (χ2v) is 2.88. The summed E-state index contributed by atoms with van der Waals surface area (Å²) in [7, 11) is 0. The summed E-state index contributed by atoms with van der Waals surface area (Å²) in [4.78, 5) is 0. The normalized spacial score (nSPS) is 15.3. The SMILES string of the molecule is C1=Cc2cc3c(cc2=C1)NC=3. The molecule has 0 fully saturated rings. The van der Waals surface area contributed by atoms with Crippen LogP contribution in [0.3, 0.4) is 0 Å². The van der Waals surface area contributed by atoms with Crippen molar-refractivity contribution in [3.05, 3.63) is 34.2 Å². The molecule has 0 bridgehead atoms. The summed E-state index contributed by atoms with van der Waals surface area (Å²) >= 11 is 0. The van der Waals surface area contributed by atoms with E-state index in [2.05, 4.69) is 35.7 Å². The highest BCUT2D eigenvalue weighted by molar-refractivity contribution is 5.74. The average Bonchev–Trinajstić information content (AvgIpc) is 2.40. The Morgan fingerprint density at radius 1 is 1.09 bits per heavy atom. The highest BCUT2D eigenvalue weighted by Gasteiger charge is 2.05. The Bertz CT molecular complexity index is 466. The minimum absolute atomic E-state index is 1.25. The molecule has 0 radical (unpaired) electrons. The highest BCUT2D eigenvalue weighted by Crippen LogP contribution is 2.08. The van der Waals surface area contributed by atoms with Crippen molar-refractivity contribution in [1.82, 2.24) is 0 Å². The fourth-order valence-electron chi connectivity index (χ4n) is 1.52. The molecule has 0 unspecified atom stereocenters. The fraction of sp³-hybridized carbons (Fsp3) is 0. The molecule has 1 heteroatoms. The quantitative estimate of drug-likeness (QED) is 0.559. The van der Waals surface area contributed by atoms with Crippen molar-refractivity contribution in [2.24, 2.45) is 0 Å². The Hall–Kier alpha value is -1.50. The van der Waals surface area contributed by atoms with E-state index in [4.69, 9.17) is 0 Å². The number of allylic oxidation sites excluding steroid dienone is 1. The van der Waals surface area contributed by atoms with Gasteiger partial charge in [0.05, 0.1) is 0 Å². The van der Waals surface area contributed by atoms with Gasteiger partial charge in [-0.25, -0.2) is 0 Å². The number of rotatable bonds is 0. The Morgan fingerprint density at radius 3 is 2.91 bits per heavy atom. The summed E-state index contributed by atoms with van der Waals surface area (Å²) in [5.74, 6) is 0. The molecule has 2 aliphatic rings. The van der Waals surface area contributed by atoms with Gasteiger partial charge in [-0.15, -0.1) is 0 Å². The lowest BCUT2D eigenvalue weighted by Gasteiger charge is -2.11. The van der Waals surface area contributed by atoms with Crippen LogP contribution in [-0.2, 0) is 0 Å². The maximum Gasteiger partial charge on any atom is 0.0474 e. The summed E-state index contributed by atoms with van der Waals surface area (Å²) in [6, 6.07) is 4.39. The van der Waals surface area contributed by atoms with Crippen LogP contribution in [-0.4, -0.2) is 0 Å². The van der Waals surface area contributed by atoms with Crippen LogP contribution >= 0.6 is 0 Å². The minimum Gasteiger partial charge on any atom is -0.360 e. The van der Waals surface area contributed by atoms with Crippen molar-refractivity contribution >= 4 is 24.0 Å². The molecule has 0 saturated heterocycles. The Labute approximate surface area is 64.4 Å². The van der Waals surface area contributed by atoms with Gasteiger partial charge in [0.2, 0.25) is 0 Å². The standard InChI is InChI=1S/C10H7N/c1-2-7-4-9-6-11-10(9)5-8(7)3-1/h1-6,11H. The number of fused-ring (bicyclic) bond motifs is 2. The van der Waals surface area contributed by atoms with Gasteiger partial charge in [-0.3, -0.25) is 0 Å². The van der Waals surface area contributed by atoms with E-state index in [1.54, 1.807) is 0 Å². The summed E-state index contributed by atoms with van der Waals surface area (Å²) < 4.78 is 0. The molecule has 0 spiro atoms. The minimum atomic E-state index is 1.25. The predicted octanol–water partition coefficient (Wildman–Crippen LogP) is 0.657. The van der Waals surface area contributed by atoms with Crippen molar-refractivity contribution in [1.29, 1.82) is 0 Å². The molecule has 0 aromatic heterocycles. The van der Waals surface area contributed by atoms with Gasteiger partial charge in [0.1, 0.15) is 0 Å². The smallest absolute Gasteiger partial charge is 0.0474 e. The number of anilines is 1. The predicted molar refractivity (Wildman–Crippen MR) is 47.3 cm³/mol. The van der Waals surface area contributed by atoms with E-state index in [0.29, 0.717) is 0 Å². The van der Waals surface area contributed by atoms with Crippen molar-refractivity contribution in [3.63, 3.8) is 0 Å². The molecule has 1 heterocycles. The summed E-state index contributed by atoms with van der Waals surface area (Å²) in [5.41, 5.74) is 2.59. The van der Waals surface area contributed by atoms with E-state index in [9.17, 15) is 0 Å². The largest absolute Gasteiger partial charge is 0.360 e. The van der Waals surface area contributed by atoms with Gasteiger partial charge in [-0.2, -0.15) is 0 Å². The van der Waals surface area contributed by atoms with E-state index in [1.807, 2.05) is 6.20 Å². The Morgan fingerprint density at radius 2 is 2.09 bits per heavy atom. The third-order valence-corrected chi connectivity index (χ3v) is 2.19. The number of hydrogen-bond acceptors (Lipinski definition) is 1. The molecule has 0 saturated carbocycles. The zero-order valence-electron chi connectivity index (χ0n) is 5.96. The lowest BCUT2D eigenvalue weighted by molar-refractivity contribution is 1.44. The van der Waals surface area contributed by atoms with Crippen molar-refractivity contribution in [2.75, 3.05) is 5.32 Å². The molecular weight excluding hydrogens is 134 g/mol. The first-order valence-corrected chi connectivity index (χ1v) is 3.73. The zero-order chi connectivity index (χ0) is 7.26. The Kier molecular flexibility index (Phi) is 0.737. The molecule has 3 rings (SSSR count). The third-order valence-electron chi connectivity index (χ3n) is 2.19. The van der Waals surface area contributed by atoms with Crippen LogP contribution < -0.4 is 15.8 Å². The molecule has 1 aliphatic carbocycles. The molecule has 11 heavy (non-hydrogen) atoms. The summed E-state index contributed by atoms with van der Waals surface area (Å²) in [5, 5.41) is 5.79. The Balaban J connectivity index is 2.52. The van der Waals surface area contributed by atoms with Gasteiger partial charge >= 0.3 is 0 Å². The van der Waals surface area contributed by atoms with Gasteiger partial charge in [0.15, 0.2) is 0 Å². The zero-order valence-corrected chi connectivity index (χ0v) is 5.96. The van der Waals surface area contributed by atoms with Crippen LogP contribution in [0, 0.1) is 0 Å². The van der Waals surface area contributed by atoms with E-state index >= 15 is 0 Å². The maximum absolute atomic E-state index is 3.15. The first-order chi connectivity index (χ1) is 5.43. The average molecular weight is 141 g/mol. The summed E-state index contributed by atoms with van der Waals surface area (Å²) in [6.07, 6.45) is 8.39. The molecule has 1 aliphatic heterocycles. The van der Waals surface area contributed by atoms with Crippen LogP contribution in [0.15, 0.2) is 18.2 Å². The maximum atomic E-state index is 3.15.